The predicted octanol–water partition coefficient (Wildman–Crippen LogP) is 6.50. The van der Waals surface area contributed by atoms with Crippen molar-refractivity contribution in [1.82, 2.24) is 4.90 Å². The molecule has 1 saturated heterocycles. The van der Waals surface area contributed by atoms with Crippen LogP contribution in [0, 0.1) is 5.92 Å². The minimum atomic E-state index is -0.209. The normalized spacial score (nSPS) is 20.3. The molecule has 0 aromatic heterocycles. The molecular formula is C24H38ClNO3. The van der Waals surface area contributed by atoms with Gasteiger partial charge in [0.1, 0.15) is 6.10 Å². The maximum absolute atomic E-state index is 12.3. The Hall–Kier alpha value is -1.26. The fourth-order valence-corrected chi connectivity index (χ4v) is 4.11. The van der Waals surface area contributed by atoms with Crippen LogP contribution >= 0.6 is 11.6 Å². The number of rotatable bonds is 11. The molecule has 1 fully saturated rings. The lowest BCUT2D eigenvalue weighted by atomic mass is 10.0. The van der Waals surface area contributed by atoms with Gasteiger partial charge in [0.2, 0.25) is 0 Å². The Morgan fingerprint density at radius 2 is 1.86 bits per heavy atom. The van der Waals surface area contributed by atoms with Gasteiger partial charge in [0, 0.05) is 30.0 Å². The molecule has 0 aliphatic carbocycles. The highest BCUT2D eigenvalue weighted by Gasteiger charge is 2.25. The van der Waals surface area contributed by atoms with Crippen LogP contribution in [0.15, 0.2) is 18.2 Å². The summed E-state index contributed by atoms with van der Waals surface area (Å²) in [6, 6.07) is 5.30. The molecule has 0 saturated carbocycles. The van der Waals surface area contributed by atoms with E-state index in [1.165, 1.54) is 32.1 Å². The molecule has 0 amide bonds. The third kappa shape index (κ3) is 8.96. The highest BCUT2D eigenvalue weighted by Crippen LogP contribution is 2.34. The molecule has 5 heteroatoms. The minimum absolute atomic E-state index is 0.113. The number of halogens is 1. The highest BCUT2D eigenvalue weighted by atomic mass is 35.5. The van der Waals surface area contributed by atoms with Crippen LogP contribution < -0.4 is 9.47 Å². The van der Waals surface area contributed by atoms with Crippen LogP contribution in [0.1, 0.15) is 78.1 Å². The molecular weight excluding hydrogens is 386 g/mol. The van der Waals surface area contributed by atoms with Gasteiger partial charge in [-0.05, 0) is 45.0 Å². The molecule has 0 spiro atoms. The van der Waals surface area contributed by atoms with Crippen LogP contribution in [0.25, 0.3) is 0 Å². The van der Waals surface area contributed by atoms with Crippen molar-refractivity contribution in [2.24, 2.45) is 5.92 Å². The Labute approximate surface area is 181 Å². The van der Waals surface area contributed by atoms with Crippen molar-refractivity contribution >= 4 is 17.6 Å². The quantitative estimate of drug-likeness (QED) is 0.231. The molecule has 1 aromatic rings. The summed E-state index contributed by atoms with van der Waals surface area (Å²) in [6.45, 7) is 6.53. The molecule has 2 unspecified atom stereocenters. The molecule has 29 heavy (non-hydrogen) atoms. The van der Waals surface area contributed by atoms with Crippen molar-refractivity contribution in [2.75, 3.05) is 20.1 Å². The first-order valence-electron chi connectivity index (χ1n) is 11.3. The molecule has 1 aliphatic rings. The fraction of sp³-hybridized carbons (Fsp3) is 0.708. The van der Waals surface area contributed by atoms with E-state index in [1.807, 2.05) is 6.07 Å². The summed E-state index contributed by atoms with van der Waals surface area (Å²) in [5.74, 6) is 1.26. The highest BCUT2D eigenvalue weighted by molar-refractivity contribution is 6.30. The molecule has 0 N–H and O–H groups in total. The van der Waals surface area contributed by atoms with E-state index in [0.29, 0.717) is 28.9 Å². The van der Waals surface area contributed by atoms with E-state index < -0.39 is 0 Å². The van der Waals surface area contributed by atoms with Crippen LogP contribution in [0.3, 0.4) is 0 Å². The SMILES string of the molecule is CCCCCCCCCC(=O)Oc1cc(Cl)ccc1OC1CCCN(C)CC1C. The van der Waals surface area contributed by atoms with Gasteiger partial charge >= 0.3 is 5.97 Å². The van der Waals surface area contributed by atoms with E-state index >= 15 is 0 Å². The van der Waals surface area contributed by atoms with E-state index in [4.69, 9.17) is 21.1 Å². The zero-order valence-electron chi connectivity index (χ0n) is 18.4. The topological polar surface area (TPSA) is 38.8 Å². The third-order valence-electron chi connectivity index (χ3n) is 5.66. The number of benzene rings is 1. The third-order valence-corrected chi connectivity index (χ3v) is 5.89. The van der Waals surface area contributed by atoms with Gasteiger partial charge < -0.3 is 14.4 Å². The van der Waals surface area contributed by atoms with E-state index in [0.717, 1.165) is 38.8 Å². The maximum Gasteiger partial charge on any atom is 0.311 e. The van der Waals surface area contributed by atoms with Gasteiger partial charge in [-0.15, -0.1) is 0 Å². The molecule has 4 nitrogen and oxygen atoms in total. The van der Waals surface area contributed by atoms with Crippen molar-refractivity contribution in [1.29, 1.82) is 0 Å². The van der Waals surface area contributed by atoms with Gasteiger partial charge in [-0.2, -0.15) is 0 Å². The maximum atomic E-state index is 12.3. The Kier molecular flexibility index (Phi) is 10.9. The van der Waals surface area contributed by atoms with Crippen molar-refractivity contribution in [3.8, 4) is 11.5 Å². The summed E-state index contributed by atoms with van der Waals surface area (Å²) < 4.78 is 11.9. The second kappa shape index (κ2) is 13.1. The van der Waals surface area contributed by atoms with Gasteiger partial charge in [-0.25, -0.2) is 0 Å². The molecule has 1 aliphatic heterocycles. The molecule has 0 radical (unpaired) electrons. The zero-order valence-corrected chi connectivity index (χ0v) is 19.2. The average Bonchev–Trinajstić information content (AvgIpc) is 2.83. The van der Waals surface area contributed by atoms with Crippen molar-refractivity contribution < 1.29 is 14.3 Å². The van der Waals surface area contributed by atoms with Crippen molar-refractivity contribution in [3.05, 3.63) is 23.2 Å². The number of ether oxygens (including phenoxy) is 2. The summed E-state index contributed by atoms with van der Waals surface area (Å²) in [6.07, 6.45) is 10.9. The van der Waals surface area contributed by atoms with Crippen LogP contribution in [0.5, 0.6) is 11.5 Å². The van der Waals surface area contributed by atoms with Gasteiger partial charge in [-0.3, -0.25) is 4.79 Å². The zero-order chi connectivity index (χ0) is 21.1. The lowest BCUT2D eigenvalue weighted by Crippen LogP contribution is -2.30. The van der Waals surface area contributed by atoms with Crippen molar-refractivity contribution in [3.63, 3.8) is 0 Å². The number of carbonyl (C=O) groups is 1. The second-order valence-corrected chi connectivity index (χ2v) is 8.91. The largest absolute Gasteiger partial charge is 0.486 e. The summed E-state index contributed by atoms with van der Waals surface area (Å²) >= 11 is 6.15. The van der Waals surface area contributed by atoms with Crippen LogP contribution in [0.4, 0.5) is 0 Å². The van der Waals surface area contributed by atoms with Gasteiger partial charge in [0.05, 0.1) is 0 Å². The molecule has 1 heterocycles. The molecule has 2 atom stereocenters. The first kappa shape index (κ1) is 24.0. The van der Waals surface area contributed by atoms with E-state index in [1.54, 1.807) is 12.1 Å². The summed E-state index contributed by atoms with van der Waals surface area (Å²) in [4.78, 5) is 14.7. The first-order chi connectivity index (χ1) is 14.0. The molecule has 1 aromatic carbocycles. The van der Waals surface area contributed by atoms with Gasteiger partial charge in [-0.1, -0.05) is 64.0 Å². The fourth-order valence-electron chi connectivity index (χ4n) is 3.94. The number of unbranched alkanes of at least 4 members (excludes halogenated alkanes) is 6. The number of hydrogen-bond donors (Lipinski definition) is 0. The van der Waals surface area contributed by atoms with Crippen LogP contribution in [-0.4, -0.2) is 37.1 Å². The number of carbonyl (C=O) groups excluding carboxylic acids is 1. The van der Waals surface area contributed by atoms with E-state index in [2.05, 4.69) is 25.8 Å². The predicted molar refractivity (Wildman–Crippen MR) is 120 cm³/mol. The Balaban J connectivity index is 1.86. The van der Waals surface area contributed by atoms with Gasteiger partial charge in [0.25, 0.3) is 0 Å². The first-order valence-corrected chi connectivity index (χ1v) is 11.7. The standard InChI is InChI=1S/C24H38ClNO3/c1-4-5-6-7-8-9-10-13-24(27)29-23-17-20(25)14-15-22(23)28-21-12-11-16-26(3)18-19(21)2/h14-15,17,19,21H,4-13,16,18H2,1-3H3. The van der Waals surface area contributed by atoms with Gasteiger partial charge in [0.15, 0.2) is 11.5 Å². The Morgan fingerprint density at radius 3 is 2.62 bits per heavy atom. The lowest BCUT2D eigenvalue weighted by Gasteiger charge is -2.25. The van der Waals surface area contributed by atoms with E-state index in [-0.39, 0.29) is 12.1 Å². The lowest BCUT2D eigenvalue weighted by molar-refractivity contribution is -0.134. The average molecular weight is 424 g/mol. The number of hydrogen-bond acceptors (Lipinski definition) is 4. The Morgan fingerprint density at radius 1 is 1.14 bits per heavy atom. The van der Waals surface area contributed by atoms with Crippen LogP contribution in [0.2, 0.25) is 5.02 Å². The van der Waals surface area contributed by atoms with Crippen LogP contribution in [-0.2, 0) is 4.79 Å². The summed E-state index contributed by atoms with van der Waals surface area (Å²) in [5, 5.41) is 0.546. The van der Waals surface area contributed by atoms with Crippen molar-refractivity contribution in [2.45, 2.75) is 84.2 Å². The van der Waals surface area contributed by atoms with E-state index in [9.17, 15) is 4.79 Å². The Bertz CT molecular complexity index is 622. The monoisotopic (exact) mass is 423 g/mol. The second-order valence-electron chi connectivity index (χ2n) is 8.47. The summed E-state index contributed by atoms with van der Waals surface area (Å²) in [5.41, 5.74) is 0. The number of nitrogens with zero attached hydrogens (tertiary/aromatic N) is 1. The molecule has 0 bridgehead atoms. The summed E-state index contributed by atoms with van der Waals surface area (Å²) in [7, 11) is 2.15. The number of esters is 1. The molecule has 164 valence electrons. The molecule has 2 rings (SSSR count). The minimum Gasteiger partial charge on any atom is -0.486 e. The number of likely N-dealkylation sites (tertiary alicyclic amines) is 1. The smallest absolute Gasteiger partial charge is 0.311 e.